The zero-order valence-corrected chi connectivity index (χ0v) is 27.5. The number of carboxylic acids is 1. The first kappa shape index (κ1) is 36.2. The first-order chi connectivity index (χ1) is 20.8. The lowest BCUT2D eigenvalue weighted by atomic mass is 10.1. The zero-order valence-electron chi connectivity index (χ0n) is 26.6. The van der Waals surface area contributed by atoms with E-state index in [2.05, 4.69) is 85.6 Å². The number of carboxylic acid groups (broad SMARTS) is 1. The van der Waals surface area contributed by atoms with Crippen molar-refractivity contribution in [3.8, 4) is 0 Å². The number of ether oxygens (including phenoxy) is 1. The van der Waals surface area contributed by atoms with Gasteiger partial charge in [-0.1, -0.05) is 76.2 Å². The van der Waals surface area contributed by atoms with Crippen molar-refractivity contribution in [1.82, 2.24) is 10.2 Å². The van der Waals surface area contributed by atoms with E-state index in [9.17, 15) is 4.79 Å². The highest BCUT2D eigenvalue weighted by Crippen LogP contribution is 2.36. The summed E-state index contributed by atoms with van der Waals surface area (Å²) in [5.41, 5.74) is 5.25. The van der Waals surface area contributed by atoms with Crippen LogP contribution in [0, 0.1) is 0 Å². The van der Waals surface area contributed by atoms with Gasteiger partial charge in [0, 0.05) is 60.9 Å². The average Bonchev–Trinajstić information content (AvgIpc) is 3.38. The van der Waals surface area contributed by atoms with Gasteiger partial charge >= 0.3 is 5.97 Å². The average molecular weight is 610 g/mol. The number of aliphatic hydroxyl groups excluding tert-OH is 1. The van der Waals surface area contributed by atoms with Gasteiger partial charge in [-0.3, -0.25) is 4.79 Å². The minimum absolute atomic E-state index is 0.133. The number of para-hydroxylation sites is 1. The van der Waals surface area contributed by atoms with Crippen LogP contribution in [0.15, 0.2) is 65.7 Å². The van der Waals surface area contributed by atoms with Crippen LogP contribution in [0.5, 0.6) is 0 Å². The number of hydrogen-bond donors (Lipinski definition) is 3. The second-order valence-corrected chi connectivity index (χ2v) is 11.7. The van der Waals surface area contributed by atoms with Gasteiger partial charge in [0.15, 0.2) is 0 Å². The van der Waals surface area contributed by atoms with Crippen molar-refractivity contribution >= 4 is 28.8 Å². The predicted octanol–water partition coefficient (Wildman–Crippen LogP) is 6.89. The molecule has 2 aliphatic rings. The van der Waals surface area contributed by atoms with E-state index in [1.165, 1.54) is 32.3 Å². The summed E-state index contributed by atoms with van der Waals surface area (Å²) >= 11 is 1.96. The Morgan fingerprint density at radius 1 is 1.05 bits per heavy atom. The number of aliphatic imine (C=N–C) groups is 1. The van der Waals surface area contributed by atoms with Gasteiger partial charge in [-0.2, -0.15) is 0 Å². The number of amidine groups is 1. The van der Waals surface area contributed by atoms with Gasteiger partial charge in [0.25, 0.3) is 0 Å². The lowest BCUT2D eigenvalue weighted by Gasteiger charge is -2.30. The van der Waals surface area contributed by atoms with Gasteiger partial charge in [0.1, 0.15) is 5.84 Å². The summed E-state index contributed by atoms with van der Waals surface area (Å²) < 4.78 is 4.73. The van der Waals surface area contributed by atoms with Gasteiger partial charge in [-0.05, 0) is 48.9 Å². The molecule has 0 saturated carbocycles. The molecule has 1 saturated heterocycles. The van der Waals surface area contributed by atoms with Crippen LogP contribution >= 0.6 is 11.3 Å². The van der Waals surface area contributed by atoms with E-state index in [1.54, 1.807) is 0 Å². The summed E-state index contributed by atoms with van der Waals surface area (Å²) in [6.07, 6.45) is 3.16. The number of nitrogens with one attached hydrogen (secondary N) is 1. The molecule has 5 rings (SSSR count). The van der Waals surface area contributed by atoms with Crippen LogP contribution in [0.4, 0.5) is 5.69 Å². The Balaban J connectivity index is 0.000000264. The maximum atomic E-state index is 9.60. The van der Waals surface area contributed by atoms with Crippen molar-refractivity contribution < 1.29 is 19.7 Å². The van der Waals surface area contributed by atoms with E-state index in [0.29, 0.717) is 25.6 Å². The topological polar surface area (TPSA) is 94.4 Å². The number of aliphatic hydroxyl groups is 1. The number of benzene rings is 2. The molecule has 1 aromatic heterocycles. The van der Waals surface area contributed by atoms with E-state index in [-0.39, 0.29) is 6.61 Å². The molecule has 0 amide bonds. The molecule has 3 heterocycles. The summed E-state index contributed by atoms with van der Waals surface area (Å²) in [7, 11) is 0. The van der Waals surface area contributed by atoms with E-state index in [4.69, 9.17) is 19.9 Å². The van der Waals surface area contributed by atoms with Crippen molar-refractivity contribution in [1.29, 1.82) is 0 Å². The summed E-state index contributed by atoms with van der Waals surface area (Å²) in [6.45, 7) is 15.9. The van der Waals surface area contributed by atoms with Crippen molar-refractivity contribution in [2.45, 2.75) is 66.2 Å². The molecule has 8 heteroatoms. The third kappa shape index (κ3) is 13.0. The zero-order chi connectivity index (χ0) is 31.5. The van der Waals surface area contributed by atoms with Crippen molar-refractivity contribution in [2.75, 3.05) is 46.0 Å². The summed E-state index contributed by atoms with van der Waals surface area (Å²) in [4.78, 5) is 20.1. The minimum Gasteiger partial charge on any atom is -0.481 e. The monoisotopic (exact) mass is 609 g/mol. The van der Waals surface area contributed by atoms with Crippen LogP contribution in [0.1, 0.15) is 79.8 Å². The maximum absolute atomic E-state index is 9.60. The molecule has 1 fully saturated rings. The molecular formula is C35H51N3O4S. The number of rotatable bonds is 7. The fourth-order valence-corrected chi connectivity index (χ4v) is 5.61. The Hall–Kier alpha value is -3.04. The van der Waals surface area contributed by atoms with E-state index >= 15 is 0 Å². The highest BCUT2D eigenvalue weighted by atomic mass is 32.1. The second kappa shape index (κ2) is 20.8. The molecule has 0 atom stereocenters. The molecule has 3 N–H and O–H groups in total. The largest absolute Gasteiger partial charge is 0.481 e. The lowest BCUT2D eigenvalue weighted by molar-refractivity contribution is -0.137. The normalized spacial score (nSPS) is 13.5. The molecule has 0 aliphatic carbocycles. The number of carbonyl (C=O) groups is 1. The molecule has 43 heavy (non-hydrogen) atoms. The molecule has 2 aromatic carbocycles. The van der Waals surface area contributed by atoms with Crippen LogP contribution in [0.25, 0.3) is 0 Å². The smallest absolute Gasteiger partial charge is 0.303 e. The molecule has 2 aliphatic heterocycles. The lowest BCUT2D eigenvalue weighted by Crippen LogP contribution is -2.46. The number of aryl methyl sites for hydroxylation is 1. The van der Waals surface area contributed by atoms with Crippen LogP contribution < -0.4 is 5.32 Å². The standard InChI is InChI=1S/C19H23N3S.C8H10.C4H10O2.C4H8O2/c1-13(2)17-12-15-18(23-17)11-14-5-3-4-6-16(14)21-19(15)22-9-7-20-8-10-22;1-2-8-6-4-3-5-7-8;1-2-6-4-3-5;1-2-3-4(5)6/h3-6,12-13,20H,7-11H2,1-2H3;3-7H,2H2,1H3;5H,2-4H2,1H3;2-3H2,1H3,(H,5,6). The Morgan fingerprint density at radius 2 is 1.72 bits per heavy atom. The third-order valence-corrected chi connectivity index (χ3v) is 8.21. The number of nitrogens with zero attached hydrogens (tertiary/aromatic N) is 2. The van der Waals surface area contributed by atoms with Gasteiger partial charge in [0.2, 0.25) is 0 Å². The molecule has 7 nitrogen and oxygen atoms in total. The maximum Gasteiger partial charge on any atom is 0.303 e. The van der Waals surface area contributed by atoms with Crippen molar-refractivity contribution in [3.05, 3.63) is 87.1 Å². The first-order valence-corrected chi connectivity index (χ1v) is 16.4. The highest BCUT2D eigenvalue weighted by Gasteiger charge is 2.25. The van der Waals surface area contributed by atoms with Gasteiger partial charge < -0.3 is 25.2 Å². The van der Waals surface area contributed by atoms with Gasteiger partial charge in [0.05, 0.1) is 18.9 Å². The molecule has 0 unspecified atom stereocenters. The summed E-state index contributed by atoms with van der Waals surface area (Å²) in [5, 5.41) is 19.4. The Labute approximate surface area is 262 Å². The third-order valence-electron chi connectivity index (χ3n) is 6.78. The fourth-order valence-electron chi connectivity index (χ4n) is 4.43. The molecule has 0 spiro atoms. The molecule has 236 valence electrons. The van der Waals surface area contributed by atoms with Crippen LogP contribution in [-0.2, 0) is 22.4 Å². The molecule has 3 aromatic rings. The fraction of sp³-hybridized carbons (Fsp3) is 0.486. The van der Waals surface area contributed by atoms with Crippen molar-refractivity contribution in [2.24, 2.45) is 4.99 Å². The molecule has 0 radical (unpaired) electrons. The first-order valence-electron chi connectivity index (χ1n) is 15.5. The van der Waals surface area contributed by atoms with E-state index in [1.807, 2.05) is 31.3 Å². The Morgan fingerprint density at radius 3 is 2.23 bits per heavy atom. The number of hydrogen-bond acceptors (Lipinski definition) is 7. The molecular weight excluding hydrogens is 558 g/mol. The van der Waals surface area contributed by atoms with Crippen molar-refractivity contribution in [3.63, 3.8) is 0 Å². The van der Waals surface area contributed by atoms with Crippen LogP contribution in [-0.4, -0.2) is 72.9 Å². The number of fused-ring (bicyclic) bond motifs is 2. The Kier molecular flexibility index (Phi) is 17.5. The SMILES string of the molecule is CC(C)c1cc2c(s1)Cc1ccccc1N=C2N1CCNCC1.CCCC(=O)O.CCOCCO.CCc1ccccc1. The van der Waals surface area contributed by atoms with Gasteiger partial charge in [-0.25, -0.2) is 4.99 Å². The van der Waals surface area contributed by atoms with Gasteiger partial charge in [-0.15, -0.1) is 11.3 Å². The van der Waals surface area contributed by atoms with Crippen LogP contribution in [0.2, 0.25) is 0 Å². The summed E-state index contributed by atoms with van der Waals surface area (Å²) in [5.74, 6) is 1.04. The second-order valence-electron chi connectivity index (χ2n) is 10.5. The number of thiophene rings is 1. The highest BCUT2D eigenvalue weighted by molar-refractivity contribution is 7.12. The quantitative estimate of drug-likeness (QED) is 0.253. The minimum atomic E-state index is -0.711. The Bertz CT molecular complexity index is 1220. The summed E-state index contributed by atoms with van der Waals surface area (Å²) in [6, 6.07) is 21.4. The van der Waals surface area contributed by atoms with E-state index < -0.39 is 5.97 Å². The van der Waals surface area contributed by atoms with E-state index in [0.717, 1.165) is 51.1 Å². The van der Waals surface area contributed by atoms with Crippen LogP contribution in [0.3, 0.4) is 0 Å². The number of piperazine rings is 1. The predicted molar refractivity (Wildman–Crippen MR) is 180 cm³/mol. The number of aliphatic carboxylic acids is 1. The molecule has 0 bridgehead atoms.